The van der Waals surface area contributed by atoms with Crippen LogP contribution in [0, 0.1) is 0 Å². The van der Waals surface area contributed by atoms with Crippen LogP contribution in [0.15, 0.2) is 58.4 Å². The number of hydrogen-bond acceptors (Lipinski definition) is 6. The molecule has 0 atom stereocenters. The standard InChI is InChI=1S/C17H12N4O2S/c18-20-16(22)11-9-12(13-7-4-8-24-13)19-17-14(11)15(21-23-17)10-5-2-1-3-6-10/h1-9H,18H2,(H,20,22). The van der Waals surface area contributed by atoms with Gasteiger partial charge in [-0.1, -0.05) is 41.6 Å². The van der Waals surface area contributed by atoms with Gasteiger partial charge in [-0.05, 0) is 17.5 Å². The van der Waals surface area contributed by atoms with Crippen molar-refractivity contribution < 1.29 is 9.32 Å². The van der Waals surface area contributed by atoms with E-state index >= 15 is 0 Å². The topological polar surface area (TPSA) is 94.0 Å². The molecule has 0 bridgehead atoms. The van der Waals surface area contributed by atoms with Crippen molar-refractivity contribution in [1.29, 1.82) is 0 Å². The molecule has 4 rings (SSSR count). The first-order valence-electron chi connectivity index (χ1n) is 7.18. The second-order valence-corrected chi connectivity index (χ2v) is 6.03. The van der Waals surface area contributed by atoms with Crippen molar-refractivity contribution >= 4 is 28.3 Å². The zero-order valence-corrected chi connectivity index (χ0v) is 13.2. The van der Waals surface area contributed by atoms with Crippen LogP contribution in [0.2, 0.25) is 0 Å². The number of nitrogens with zero attached hydrogens (tertiary/aromatic N) is 2. The number of nitrogen functional groups attached to an aromatic ring is 1. The maximum Gasteiger partial charge on any atom is 0.266 e. The van der Waals surface area contributed by atoms with Gasteiger partial charge in [0.1, 0.15) is 5.69 Å². The monoisotopic (exact) mass is 336 g/mol. The van der Waals surface area contributed by atoms with Crippen molar-refractivity contribution in [2.24, 2.45) is 5.84 Å². The molecule has 6 nitrogen and oxygen atoms in total. The molecule has 4 aromatic rings. The Morgan fingerprint density at radius 3 is 2.71 bits per heavy atom. The summed E-state index contributed by atoms with van der Waals surface area (Å²) in [6.07, 6.45) is 0. The molecule has 3 heterocycles. The summed E-state index contributed by atoms with van der Waals surface area (Å²) in [5, 5.41) is 6.60. The van der Waals surface area contributed by atoms with Gasteiger partial charge in [-0.2, -0.15) is 0 Å². The van der Waals surface area contributed by atoms with Crippen LogP contribution in [0.3, 0.4) is 0 Å². The van der Waals surface area contributed by atoms with E-state index in [9.17, 15) is 4.79 Å². The third kappa shape index (κ3) is 2.36. The molecule has 3 N–H and O–H groups in total. The normalized spacial score (nSPS) is 10.9. The lowest BCUT2D eigenvalue weighted by molar-refractivity contribution is 0.0955. The lowest BCUT2D eigenvalue weighted by Gasteiger charge is -2.05. The number of amides is 1. The zero-order chi connectivity index (χ0) is 16.5. The summed E-state index contributed by atoms with van der Waals surface area (Å²) in [7, 11) is 0. The quantitative estimate of drug-likeness (QED) is 0.340. The van der Waals surface area contributed by atoms with E-state index in [-0.39, 0.29) is 0 Å². The van der Waals surface area contributed by atoms with Crippen LogP contribution in [0.25, 0.3) is 32.9 Å². The summed E-state index contributed by atoms with van der Waals surface area (Å²) < 4.78 is 5.40. The number of nitrogens with two attached hydrogens (primary N) is 1. The van der Waals surface area contributed by atoms with Gasteiger partial charge < -0.3 is 4.52 Å². The Hall–Kier alpha value is -3.03. The number of rotatable bonds is 3. The van der Waals surface area contributed by atoms with E-state index in [4.69, 9.17) is 10.4 Å². The molecular formula is C17H12N4O2S. The van der Waals surface area contributed by atoms with Crippen molar-refractivity contribution in [3.63, 3.8) is 0 Å². The van der Waals surface area contributed by atoms with Crippen molar-refractivity contribution in [3.8, 4) is 21.8 Å². The molecule has 1 amide bonds. The summed E-state index contributed by atoms with van der Waals surface area (Å²) in [5.74, 6) is 4.94. The Labute approximate surface area is 140 Å². The number of hydrazine groups is 1. The number of pyridine rings is 1. The van der Waals surface area contributed by atoms with Crippen molar-refractivity contribution in [1.82, 2.24) is 15.6 Å². The van der Waals surface area contributed by atoms with E-state index in [2.05, 4.69) is 15.6 Å². The summed E-state index contributed by atoms with van der Waals surface area (Å²) >= 11 is 1.53. The highest BCUT2D eigenvalue weighted by atomic mass is 32.1. The molecule has 7 heteroatoms. The molecule has 1 aromatic carbocycles. The second-order valence-electron chi connectivity index (χ2n) is 5.08. The predicted molar refractivity (Wildman–Crippen MR) is 92.2 cm³/mol. The van der Waals surface area contributed by atoms with Crippen LogP contribution in [-0.2, 0) is 0 Å². The van der Waals surface area contributed by atoms with Gasteiger partial charge in [0.2, 0.25) is 0 Å². The molecule has 0 fully saturated rings. The van der Waals surface area contributed by atoms with Crippen LogP contribution in [0.5, 0.6) is 0 Å². The van der Waals surface area contributed by atoms with E-state index in [1.54, 1.807) is 6.07 Å². The highest BCUT2D eigenvalue weighted by molar-refractivity contribution is 7.13. The van der Waals surface area contributed by atoms with Gasteiger partial charge in [0.25, 0.3) is 11.6 Å². The Balaban J connectivity index is 2.00. The van der Waals surface area contributed by atoms with E-state index in [0.29, 0.717) is 28.1 Å². The van der Waals surface area contributed by atoms with Gasteiger partial charge in [0.15, 0.2) is 0 Å². The first-order valence-corrected chi connectivity index (χ1v) is 8.06. The van der Waals surface area contributed by atoms with Crippen LogP contribution in [0.1, 0.15) is 10.4 Å². The molecule has 0 saturated heterocycles. The Morgan fingerprint density at radius 1 is 1.17 bits per heavy atom. The van der Waals surface area contributed by atoms with Crippen molar-refractivity contribution in [3.05, 3.63) is 59.5 Å². The van der Waals surface area contributed by atoms with Gasteiger partial charge in [-0.25, -0.2) is 10.8 Å². The molecule has 0 aliphatic rings. The second kappa shape index (κ2) is 5.88. The number of carbonyl (C=O) groups excluding carboxylic acids is 1. The Morgan fingerprint density at radius 2 is 2.00 bits per heavy atom. The fraction of sp³-hybridized carbons (Fsp3) is 0. The summed E-state index contributed by atoms with van der Waals surface area (Å²) in [4.78, 5) is 17.7. The molecule has 0 radical (unpaired) electrons. The SMILES string of the molecule is NNC(=O)c1cc(-c2cccs2)nc2onc(-c3ccccc3)c12. The number of hydrogen-bond donors (Lipinski definition) is 2. The van der Waals surface area contributed by atoms with E-state index in [1.165, 1.54) is 11.3 Å². The van der Waals surface area contributed by atoms with Crippen LogP contribution in [0.4, 0.5) is 0 Å². The minimum atomic E-state index is -0.416. The minimum absolute atomic E-state index is 0.304. The fourth-order valence-corrected chi connectivity index (χ4v) is 3.24. The average molecular weight is 336 g/mol. The van der Waals surface area contributed by atoms with E-state index in [1.807, 2.05) is 47.8 Å². The van der Waals surface area contributed by atoms with Crippen molar-refractivity contribution in [2.75, 3.05) is 0 Å². The lowest BCUT2D eigenvalue weighted by atomic mass is 10.0. The summed E-state index contributed by atoms with van der Waals surface area (Å²) in [6, 6.07) is 15.1. The smallest absolute Gasteiger partial charge is 0.266 e. The van der Waals surface area contributed by atoms with Crippen molar-refractivity contribution in [2.45, 2.75) is 0 Å². The molecular weight excluding hydrogens is 324 g/mol. The molecule has 0 aliphatic heterocycles. The summed E-state index contributed by atoms with van der Waals surface area (Å²) in [6.45, 7) is 0. The van der Waals surface area contributed by atoms with Gasteiger partial charge >= 0.3 is 0 Å². The van der Waals surface area contributed by atoms with Gasteiger partial charge in [0, 0.05) is 5.56 Å². The zero-order valence-electron chi connectivity index (χ0n) is 12.4. The minimum Gasteiger partial charge on any atom is -0.335 e. The van der Waals surface area contributed by atoms with Crippen LogP contribution >= 0.6 is 11.3 Å². The van der Waals surface area contributed by atoms with Crippen LogP contribution < -0.4 is 11.3 Å². The average Bonchev–Trinajstić information content (AvgIpc) is 3.30. The highest BCUT2D eigenvalue weighted by Crippen LogP contribution is 2.33. The molecule has 0 spiro atoms. The van der Waals surface area contributed by atoms with Gasteiger partial charge in [-0.3, -0.25) is 10.2 Å². The number of fused-ring (bicyclic) bond motifs is 1. The molecule has 0 saturated carbocycles. The Kier molecular flexibility index (Phi) is 3.56. The predicted octanol–water partition coefficient (Wildman–Crippen LogP) is 3.22. The molecule has 3 aromatic heterocycles. The molecule has 24 heavy (non-hydrogen) atoms. The fourth-order valence-electron chi connectivity index (χ4n) is 2.55. The maximum atomic E-state index is 12.3. The van der Waals surface area contributed by atoms with Crippen LogP contribution in [-0.4, -0.2) is 16.0 Å². The Bertz CT molecular complexity index is 1010. The number of aromatic nitrogens is 2. The number of carbonyl (C=O) groups is 1. The van der Waals surface area contributed by atoms with E-state index in [0.717, 1.165) is 10.4 Å². The highest BCUT2D eigenvalue weighted by Gasteiger charge is 2.21. The number of thiophene rings is 1. The number of nitrogens with one attached hydrogen (secondary N) is 1. The lowest BCUT2D eigenvalue weighted by Crippen LogP contribution is -2.30. The number of benzene rings is 1. The largest absolute Gasteiger partial charge is 0.335 e. The first-order chi connectivity index (χ1) is 11.8. The van der Waals surface area contributed by atoms with Gasteiger partial charge in [-0.15, -0.1) is 11.3 Å². The first kappa shape index (κ1) is 14.6. The maximum absolute atomic E-state index is 12.3. The molecule has 118 valence electrons. The van der Waals surface area contributed by atoms with E-state index < -0.39 is 5.91 Å². The third-order valence-electron chi connectivity index (χ3n) is 3.64. The molecule has 0 unspecified atom stereocenters. The summed E-state index contributed by atoms with van der Waals surface area (Å²) in [5.41, 5.74) is 4.92. The van der Waals surface area contributed by atoms with Gasteiger partial charge in [0.05, 0.1) is 21.5 Å². The third-order valence-corrected chi connectivity index (χ3v) is 4.54. The molecule has 0 aliphatic carbocycles.